The average molecular weight is 208 g/mol. The van der Waals surface area contributed by atoms with Gasteiger partial charge in [0.2, 0.25) is 0 Å². The van der Waals surface area contributed by atoms with Crippen molar-refractivity contribution in [1.82, 2.24) is 0 Å². The summed E-state index contributed by atoms with van der Waals surface area (Å²) >= 11 is 0. The van der Waals surface area contributed by atoms with E-state index in [1.54, 1.807) is 0 Å². The van der Waals surface area contributed by atoms with Gasteiger partial charge in [-0.1, -0.05) is 44.4 Å². The third-order valence-corrected chi connectivity index (χ3v) is 2.55. The van der Waals surface area contributed by atoms with E-state index >= 15 is 0 Å². The first-order chi connectivity index (χ1) is 7.33. The molecule has 1 aliphatic rings. The number of esters is 1. The van der Waals surface area contributed by atoms with Gasteiger partial charge in [-0.2, -0.15) is 0 Å². The Balaban J connectivity index is 1.99. The van der Waals surface area contributed by atoms with E-state index in [4.69, 9.17) is 4.74 Å². The third-order valence-electron chi connectivity index (χ3n) is 2.55. The predicted octanol–water partition coefficient (Wildman–Crippen LogP) is 3.06. The van der Waals surface area contributed by atoms with E-state index in [2.05, 4.69) is 18.8 Å². The number of hydrogen-bond acceptors (Lipinski definition) is 2. The van der Waals surface area contributed by atoms with Gasteiger partial charge in [-0.3, -0.25) is 4.79 Å². The molecule has 84 valence electrons. The van der Waals surface area contributed by atoms with E-state index in [1.165, 1.54) is 32.1 Å². The third kappa shape index (κ3) is 5.47. The molecular formula is C13H20O2. The first kappa shape index (κ1) is 12.1. The second-order valence-corrected chi connectivity index (χ2v) is 4.00. The molecule has 1 unspecified atom stereocenters. The summed E-state index contributed by atoms with van der Waals surface area (Å²) in [5, 5.41) is 0. The zero-order valence-electron chi connectivity index (χ0n) is 9.55. The second-order valence-electron chi connectivity index (χ2n) is 4.00. The molecule has 1 aliphatic heterocycles. The lowest BCUT2D eigenvalue weighted by Gasteiger charge is -1.98. The van der Waals surface area contributed by atoms with Crippen LogP contribution in [0.15, 0.2) is 0 Å². The molecule has 0 radical (unpaired) electrons. The minimum Gasteiger partial charge on any atom is -0.449 e. The van der Waals surface area contributed by atoms with Crippen LogP contribution in [0.2, 0.25) is 0 Å². The molecule has 0 aromatic rings. The largest absolute Gasteiger partial charge is 0.449 e. The maximum absolute atomic E-state index is 10.8. The van der Waals surface area contributed by atoms with E-state index in [1.807, 2.05) is 0 Å². The van der Waals surface area contributed by atoms with Crippen LogP contribution in [-0.2, 0) is 9.53 Å². The topological polar surface area (TPSA) is 26.3 Å². The lowest BCUT2D eigenvalue weighted by atomic mass is 10.1. The molecule has 0 amide bonds. The van der Waals surface area contributed by atoms with E-state index < -0.39 is 0 Å². The smallest absolute Gasteiger partial charge is 0.307 e. The lowest BCUT2D eigenvalue weighted by Crippen LogP contribution is -2.02. The van der Waals surface area contributed by atoms with Crippen LogP contribution in [0.3, 0.4) is 0 Å². The van der Waals surface area contributed by atoms with Crippen LogP contribution in [0.25, 0.3) is 0 Å². The summed E-state index contributed by atoms with van der Waals surface area (Å²) in [5.74, 6) is 6.01. The number of hydrogen-bond donors (Lipinski definition) is 0. The second kappa shape index (κ2) is 7.34. The van der Waals surface area contributed by atoms with Crippen LogP contribution in [0.5, 0.6) is 0 Å². The normalized spacial score (nSPS) is 19.5. The zero-order valence-corrected chi connectivity index (χ0v) is 9.55. The van der Waals surface area contributed by atoms with Gasteiger partial charge in [0.1, 0.15) is 0 Å². The summed E-state index contributed by atoms with van der Waals surface area (Å²) in [5.41, 5.74) is 0. The molecule has 0 saturated carbocycles. The predicted molar refractivity (Wildman–Crippen MR) is 60.3 cm³/mol. The summed E-state index contributed by atoms with van der Waals surface area (Å²) in [4.78, 5) is 10.8. The van der Waals surface area contributed by atoms with Gasteiger partial charge in [0, 0.05) is 12.8 Å². The summed E-state index contributed by atoms with van der Waals surface area (Å²) in [6.07, 6.45) is 8.51. The van der Waals surface area contributed by atoms with E-state index in [0.29, 0.717) is 6.42 Å². The first-order valence-electron chi connectivity index (χ1n) is 6.01. The lowest BCUT2D eigenvalue weighted by molar-refractivity contribution is -0.139. The summed E-state index contributed by atoms with van der Waals surface area (Å²) in [7, 11) is 0. The molecule has 15 heavy (non-hydrogen) atoms. The molecule has 1 fully saturated rings. The fourth-order valence-electron chi connectivity index (χ4n) is 1.63. The van der Waals surface area contributed by atoms with Gasteiger partial charge in [-0.15, -0.1) is 0 Å². The maximum atomic E-state index is 10.8. The van der Waals surface area contributed by atoms with Gasteiger partial charge in [0.25, 0.3) is 0 Å². The number of rotatable bonds is 5. The van der Waals surface area contributed by atoms with Gasteiger partial charge >= 0.3 is 5.97 Å². The number of ether oxygens (including phenoxy) is 1. The molecule has 0 bridgehead atoms. The Morgan fingerprint density at radius 2 is 2.13 bits per heavy atom. The number of carbonyl (C=O) groups is 1. The molecular weight excluding hydrogens is 188 g/mol. The molecule has 1 rings (SSSR count). The van der Waals surface area contributed by atoms with Crippen LogP contribution in [0, 0.1) is 11.8 Å². The Morgan fingerprint density at radius 3 is 2.80 bits per heavy atom. The molecule has 1 atom stereocenters. The monoisotopic (exact) mass is 208 g/mol. The van der Waals surface area contributed by atoms with Crippen LogP contribution in [-0.4, -0.2) is 12.1 Å². The van der Waals surface area contributed by atoms with Crippen molar-refractivity contribution in [2.24, 2.45) is 0 Å². The van der Waals surface area contributed by atoms with Crippen molar-refractivity contribution in [3.05, 3.63) is 0 Å². The van der Waals surface area contributed by atoms with Crippen LogP contribution in [0.1, 0.15) is 58.3 Å². The standard InChI is InChI=1S/C13H20O2/c1-2-3-4-5-6-7-8-9-12-10-11-13(14)15-12/h12H,2-7,10-11H2,1H3. The zero-order chi connectivity index (χ0) is 10.9. The Hall–Kier alpha value is -0.970. The molecule has 0 spiro atoms. The van der Waals surface area contributed by atoms with E-state index in [-0.39, 0.29) is 12.1 Å². The van der Waals surface area contributed by atoms with E-state index in [9.17, 15) is 4.79 Å². The molecule has 1 heterocycles. The Labute approximate surface area is 92.4 Å². The van der Waals surface area contributed by atoms with Crippen molar-refractivity contribution in [3.63, 3.8) is 0 Å². The van der Waals surface area contributed by atoms with Crippen molar-refractivity contribution in [2.75, 3.05) is 0 Å². The van der Waals surface area contributed by atoms with Crippen molar-refractivity contribution < 1.29 is 9.53 Å². The number of cyclic esters (lactones) is 1. The number of unbranched alkanes of at least 4 members (excludes halogenated alkanes) is 5. The molecule has 0 aliphatic carbocycles. The van der Waals surface area contributed by atoms with Gasteiger partial charge < -0.3 is 4.74 Å². The SMILES string of the molecule is CCCCCCCC#CC1CCC(=O)O1. The fraction of sp³-hybridized carbons (Fsp3) is 0.769. The summed E-state index contributed by atoms with van der Waals surface area (Å²) in [6.45, 7) is 2.22. The molecule has 2 heteroatoms. The van der Waals surface area contributed by atoms with Crippen molar-refractivity contribution in [3.8, 4) is 11.8 Å². The highest BCUT2D eigenvalue weighted by Gasteiger charge is 2.20. The van der Waals surface area contributed by atoms with Crippen molar-refractivity contribution >= 4 is 5.97 Å². The highest BCUT2D eigenvalue weighted by Crippen LogP contribution is 2.12. The van der Waals surface area contributed by atoms with Gasteiger partial charge in [-0.05, 0) is 6.42 Å². The van der Waals surface area contributed by atoms with Crippen LogP contribution in [0.4, 0.5) is 0 Å². The minimum atomic E-state index is -0.117. The highest BCUT2D eigenvalue weighted by molar-refractivity contribution is 5.72. The van der Waals surface area contributed by atoms with Crippen molar-refractivity contribution in [2.45, 2.75) is 64.4 Å². The average Bonchev–Trinajstić information content (AvgIpc) is 2.63. The summed E-state index contributed by atoms with van der Waals surface area (Å²) < 4.78 is 4.99. The Morgan fingerprint density at radius 1 is 1.33 bits per heavy atom. The van der Waals surface area contributed by atoms with Gasteiger partial charge in [0.15, 0.2) is 6.10 Å². The molecule has 2 nitrogen and oxygen atoms in total. The van der Waals surface area contributed by atoms with Crippen molar-refractivity contribution in [1.29, 1.82) is 0 Å². The molecule has 0 aromatic carbocycles. The fourth-order valence-corrected chi connectivity index (χ4v) is 1.63. The Bertz CT molecular complexity index is 247. The molecule has 1 saturated heterocycles. The number of carbonyl (C=O) groups excluding carboxylic acids is 1. The maximum Gasteiger partial charge on any atom is 0.307 e. The van der Waals surface area contributed by atoms with Gasteiger partial charge in [-0.25, -0.2) is 0 Å². The van der Waals surface area contributed by atoms with Crippen LogP contribution < -0.4 is 0 Å². The molecule has 0 N–H and O–H groups in total. The minimum absolute atomic E-state index is 0.0998. The van der Waals surface area contributed by atoms with Crippen LogP contribution >= 0.6 is 0 Å². The van der Waals surface area contributed by atoms with Gasteiger partial charge in [0.05, 0.1) is 6.42 Å². The summed E-state index contributed by atoms with van der Waals surface area (Å²) in [6, 6.07) is 0. The highest BCUT2D eigenvalue weighted by atomic mass is 16.5. The molecule has 0 aromatic heterocycles. The quantitative estimate of drug-likeness (QED) is 0.394. The first-order valence-corrected chi connectivity index (χ1v) is 6.01. The Kier molecular flexibility index (Phi) is 5.92. The van der Waals surface area contributed by atoms with E-state index in [0.717, 1.165) is 12.8 Å².